The Balaban J connectivity index is 2.57. The standard InChI is InChI=1S/C13H12N2O/c14-12-6-5-9(7-10(12)8-16)11-3-1-2-4-13(11)15/h1-8H,14-15H2. The van der Waals surface area contributed by atoms with Crippen molar-refractivity contribution in [3.05, 3.63) is 48.0 Å². The van der Waals surface area contributed by atoms with Crippen molar-refractivity contribution in [3.8, 4) is 11.1 Å². The van der Waals surface area contributed by atoms with E-state index in [1.807, 2.05) is 30.3 Å². The number of para-hydroxylation sites is 1. The van der Waals surface area contributed by atoms with Crippen LogP contribution in [-0.2, 0) is 0 Å². The van der Waals surface area contributed by atoms with Gasteiger partial charge in [0.15, 0.2) is 6.29 Å². The van der Waals surface area contributed by atoms with Gasteiger partial charge in [-0.2, -0.15) is 0 Å². The first-order valence-electron chi connectivity index (χ1n) is 4.92. The zero-order chi connectivity index (χ0) is 11.5. The maximum Gasteiger partial charge on any atom is 0.152 e. The smallest absolute Gasteiger partial charge is 0.152 e. The molecule has 0 aliphatic carbocycles. The maximum atomic E-state index is 10.8. The van der Waals surface area contributed by atoms with Gasteiger partial charge in [0.05, 0.1) is 0 Å². The van der Waals surface area contributed by atoms with Crippen molar-refractivity contribution in [2.75, 3.05) is 11.5 Å². The van der Waals surface area contributed by atoms with Crippen molar-refractivity contribution in [2.24, 2.45) is 0 Å². The molecule has 2 rings (SSSR count). The third kappa shape index (κ3) is 1.75. The first-order valence-corrected chi connectivity index (χ1v) is 4.92. The molecule has 2 aromatic rings. The normalized spacial score (nSPS) is 10.0. The number of carbonyl (C=O) groups excluding carboxylic acids is 1. The van der Waals surface area contributed by atoms with Gasteiger partial charge in [-0.3, -0.25) is 4.79 Å². The molecule has 3 nitrogen and oxygen atoms in total. The molecule has 3 heteroatoms. The fourth-order valence-electron chi connectivity index (χ4n) is 1.60. The Morgan fingerprint density at radius 3 is 2.38 bits per heavy atom. The van der Waals surface area contributed by atoms with E-state index in [1.165, 1.54) is 0 Å². The third-order valence-corrected chi connectivity index (χ3v) is 2.49. The van der Waals surface area contributed by atoms with E-state index in [0.717, 1.165) is 17.4 Å². The van der Waals surface area contributed by atoms with Gasteiger partial charge in [-0.05, 0) is 23.8 Å². The number of carbonyl (C=O) groups is 1. The molecule has 0 atom stereocenters. The molecule has 0 aromatic heterocycles. The van der Waals surface area contributed by atoms with Gasteiger partial charge in [0.2, 0.25) is 0 Å². The molecule has 16 heavy (non-hydrogen) atoms. The minimum atomic E-state index is 0.480. The summed E-state index contributed by atoms with van der Waals surface area (Å²) in [4.78, 5) is 10.8. The van der Waals surface area contributed by atoms with Crippen LogP contribution in [0, 0.1) is 0 Å². The van der Waals surface area contributed by atoms with Crippen LogP contribution in [0.15, 0.2) is 42.5 Å². The van der Waals surface area contributed by atoms with Crippen LogP contribution in [0.1, 0.15) is 10.4 Å². The molecule has 80 valence electrons. The van der Waals surface area contributed by atoms with Crippen LogP contribution in [0.3, 0.4) is 0 Å². The van der Waals surface area contributed by atoms with Crippen LogP contribution >= 0.6 is 0 Å². The average molecular weight is 212 g/mol. The SMILES string of the molecule is Nc1ccc(-c2ccccc2N)cc1C=O. The molecule has 0 unspecified atom stereocenters. The average Bonchev–Trinajstić information content (AvgIpc) is 2.31. The lowest BCUT2D eigenvalue weighted by Gasteiger charge is -2.07. The summed E-state index contributed by atoms with van der Waals surface area (Å²) in [6.07, 6.45) is 0.748. The number of benzene rings is 2. The first-order chi connectivity index (χ1) is 7.72. The molecule has 2 aromatic carbocycles. The van der Waals surface area contributed by atoms with Crippen LogP contribution in [-0.4, -0.2) is 6.29 Å². The number of hydrogen-bond donors (Lipinski definition) is 2. The Bertz CT molecular complexity index is 535. The topological polar surface area (TPSA) is 69.1 Å². The third-order valence-electron chi connectivity index (χ3n) is 2.49. The fraction of sp³-hybridized carbons (Fsp3) is 0. The second-order valence-corrected chi connectivity index (χ2v) is 3.55. The monoisotopic (exact) mass is 212 g/mol. The minimum Gasteiger partial charge on any atom is -0.398 e. The molecule has 0 heterocycles. The summed E-state index contributed by atoms with van der Waals surface area (Å²) in [5.74, 6) is 0. The van der Waals surface area contributed by atoms with E-state index in [2.05, 4.69) is 0 Å². The Kier molecular flexibility index (Phi) is 2.60. The molecule has 0 aliphatic rings. The molecule has 0 bridgehead atoms. The van der Waals surface area contributed by atoms with Crippen molar-refractivity contribution in [2.45, 2.75) is 0 Å². The molecular weight excluding hydrogens is 200 g/mol. The zero-order valence-corrected chi connectivity index (χ0v) is 8.68. The summed E-state index contributed by atoms with van der Waals surface area (Å²) in [6.45, 7) is 0. The lowest BCUT2D eigenvalue weighted by molar-refractivity contribution is 0.112. The highest BCUT2D eigenvalue weighted by Crippen LogP contribution is 2.27. The second-order valence-electron chi connectivity index (χ2n) is 3.55. The number of rotatable bonds is 2. The van der Waals surface area contributed by atoms with E-state index < -0.39 is 0 Å². The first kappa shape index (κ1) is 10.2. The van der Waals surface area contributed by atoms with Crippen LogP contribution < -0.4 is 11.5 Å². The van der Waals surface area contributed by atoms with Crippen molar-refractivity contribution in [1.29, 1.82) is 0 Å². The van der Waals surface area contributed by atoms with E-state index in [9.17, 15) is 4.79 Å². The van der Waals surface area contributed by atoms with Crippen LogP contribution in [0.5, 0.6) is 0 Å². The van der Waals surface area contributed by atoms with Gasteiger partial charge in [0.1, 0.15) is 0 Å². The molecule has 0 spiro atoms. The molecule has 0 amide bonds. The van der Waals surface area contributed by atoms with Gasteiger partial charge in [0.25, 0.3) is 0 Å². The van der Waals surface area contributed by atoms with Crippen LogP contribution in [0.25, 0.3) is 11.1 Å². The number of nitrogen functional groups attached to an aromatic ring is 2. The molecule has 0 fully saturated rings. The van der Waals surface area contributed by atoms with Gasteiger partial charge in [-0.1, -0.05) is 24.3 Å². The molecule has 0 saturated heterocycles. The fourth-order valence-corrected chi connectivity index (χ4v) is 1.60. The molecule has 0 saturated carbocycles. The Labute approximate surface area is 93.7 Å². The zero-order valence-electron chi connectivity index (χ0n) is 8.68. The van der Waals surface area contributed by atoms with E-state index >= 15 is 0 Å². The van der Waals surface area contributed by atoms with E-state index in [1.54, 1.807) is 12.1 Å². The van der Waals surface area contributed by atoms with Gasteiger partial charge < -0.3 is 11.5 Å². The minimum absolute atomic E-state index is 0.480. The summed E-state index contributed by atoms with van der Waals surface area (Å²) in [7, 11) is 0. The van der Waals surface area contributed by atoms with Crippen molar-refractivity contribution in [1.82, 2.24) is 0 Å². The predicted octanol–water partition coefficient (Wildman–Crippen LogP) is 2.33. The van der Waals surface area contributed by atoms with Crippen molar-refractivity contribution >= 4 is 17.7 Å². The Morgan fingerprint density at radius 1 is 0.938 bits per heavy atom. The van der Waals surface area contributed by atoms with E-state index in [-0.39, 0.29) is 0 Å². The summed E-state index contributed by atoms with van der Waals surface area (Å²) in [5.41, 5.74) is 15.0. The number of hydrogen-bond acceptors (Lipinski definition) is 3. The highest BCUT2D eigenvalue weighted by atomic mass is 16.1. The highest BCUT2D eigenvalue weighted by Gasteiger charge is 2.04. The Morgan fingerprint density at radius 2 is 1.69 bits per heavy atom. The quantitative estimate of drug-likeness (QED) is 0.593. The van der Waals surface area contributed by atoms with Gasteiger partial charge in [0, 0.05) is 22.5 Å². The summed E-state index contributed by atoms with van der Waals surface area (Å²) >= 11 is 0. The molecule has 4 N–H and O–H groups in total. The second kappa shape index (κ2) is 4.06. The van der Waals surface area contributed by atoms with Gasteiger partial charge >= 0.3 is 0 Å². The number of aldehydes is 1. The molecular formula is C13H12N2O. The summed E-state index contributed by atoms with van der Waals surface area (Å²) < 4.78 is 0. The van der Waals surface area contributed by atoms with Gasteiger partial charge in [-0.25, -0.2) is 0 Å². The summed E-state index contributed by atoms with van der Waals surface area (Å²) in [5, 5.41) is 0. The largest absolute Gasteiger partial charge is 0.398 e. The molecule has 0 radical (unpaired) electrons. The van der Waals surface area contributed by atoms with E-state index in [4.69, 9.17) is 11.5 Å². The van der Waals surface area contributed by atoms with E-state index in [0.29, 0.717) is 16.9 Å². The maximum absolute atomic E-state index is 10.8. The lowest BCUT2D eigenvalue weighted by atomic mass is 10.0. The number of nitrogens with two attached hydrogens (primary N) is 2. The number of anilines is 2. The highest BCUT2D eigenvalue weighted by molar-refractivity contribution is 5.88. The lowest BCUT2D eigenvalue weighted by Crippen LogP contribution is -1.94. The molecule has 0 aliphatic heterocycles. The van der Waals surface area contributed by atoms with Crippen LogP contribution in [0.4, 0.5) is 11.4 Å². The van der Waals surface area contributed by atoms with Crippen molar-refractivity contribution < 1.29 is 4.79 Å². The summed E-state index contributed by atoms with van der Waals surface area (Å²) in [6, 6.07) is 12.8. The van der Waals surface area contributed by atoms with Crippen molar-refractivity contribution in [3.63, 3.8) is 0 Å². The Hall–Kier alpha value is -2.29. The van der Waals surface area contributed by atoms with Crippen LogP contribution in [0.2, 0.25) is 0 Å². The predicted molar refractivity (Wildman–Crippen MR) is 66.1 cm³/mol. The van der Waals surface area contributed by atoms with Gasteiger partial charge in [-0.15, -0.1) is 0 Å².